The number of nitrogens with two attached hydrogens (primary N) is 1. The molecule has 0 atom stereocenters. The lowest BCUT2D eigenvalue weighted by molar-refractivity contribution is -0.117. The third kappa shape index (κ3) is 3.79. The predicted octanol–water partition coefficient (Wildman–Crippen LogP) is 2.10. The molecule has 2 aromatic rings. The van der Waals surface area contributed by atoms with Crippen molar-refractivity contribution < 1.29 is 4.79 Å². The molecule has 0 saturated heterocycles. The number of carbonyl (C=O) groups excluding carboxylic acids is 1. The van der Waals surface area contributed by atoms with Crippen molar-refractivity contribution in [2.45, 2.75) is 13.5 Å². The van der Waals surface area contributed by atoms with Gasteiger partial charge in [-0.2, -0.15) is 0 Å². The predicted molar refractivity (Wildman–Crippen MR) is 82.7 cm³/mol. The van der Waals surface area contributed by atoms with Crippen LogP contribution in [0.15, 0.2) is 29.1 Å². The number of benzene rings is 1. The summed E-state index contributed by atoms with van der Waals surface area (Å²) >= 11 is 1.55. The maximum atomic E-state index is 12.0. The number of aromatic nitrogens is 1. The molecule has 5 nitrogen and oxygen atoms in total. The molecule has 0 aliphatic rings. The van der Waals surface area contributed by atoms with Crippen LogP contribution in [0.4, 0.5) is 11.4 Å². The zero-order valence-corrected chi connectivity index (χ0v) is 12.4. The van der Waals surface area contributed by atoms with Crippen molar-refractivity contribution in [3.63, 3.8) is 0 Å². The third-order valence-corrected chi connectivity index (χ3v) is 3.61. The SMILES string of the molecule is Cc1c(N)cccc1NC(=O)CN(C)Cc1cscn1. The van der Waals surface area contributed by atoms with E-state index >= 15 is 0 Å². The van der Waals surface area contributed by atoms with Crippen molar-refractivity contribution in [2.24, 2.45) is 0 Å². The van der Waals surface area contributed by atoms with Crippen LogP contribution in [-0.2, 0) is 11.3 Å². The summed E-state index contributed by atoms with van der Waals surface area (Å²) in [5.41, 5.74) is 10.9. The number of hydrogen-bond acceptors (Lipinski definition) is 5. The topological polar surface area (TPSA) is 71.2 Å². The third-order valence-electron chi connectivity index (χ3n) is 2.98. The smallest absolute Gasteiger partial charge is 0.238 e. The maximum Gasteiger partial charge on any atom is 0.238 e. The molecule has 106 valence electrons. The second kappa shape index (κ2) is 6.49. The fourth-order valence-electron chi connectivity index (χ4n) is 1.87. The van der Waals surface area contributed by atoms with E-state index in [0.29, 0.717) is 18.8 Å². The summed E-state index contributed by atoms with van der Waals surface area (Å²) in [5, 5.41) is 4.87. The summed E-state index contributed by atoms with van der Waals surface area (Å²) in [4.78, 5) is 18.1. The van der Waals surface area contributed by atoms with Gasteiger partial charge in [-0.25, -0.2) is 4.98 Å². The molecule has 0 fully saturated rings. The molecule has 1 aromatic carbocycles. The number of nitrogens with one attached hydrogen (secondary N) is 1. The second-order valence-corrected chi connectivity index (χ2v) is 5.44. The molecule has 0 aliphatic carbocycles. The number of likely N-dealkylation sites (N-methyl/N-ethyl adjacent to an activating group) is 1. The summed E-state index contributed by atoms with van der Waals surface area (Å²) in [6.07, 6.45) is 0. The van der Waals surface area contributed by atoms with Crippen LogP contribution in [-0.4, -0.2) is 29.4 Å². The van der Waals surface area contributed by atoms with Gasteiger partial charge in [-0.15, -0.1) is 11.3 Å². The lowest BCUT2D eigenvalue weighted by atomic mass is 10.1. The molecule has 6 heteroatoms. The van der Waals surface area contributed by atoms with Crippen LogP contribution < -0.4 is 11.1 Å². The standard InChI is InChI=1S/C14H18N4OS/c1-10-12(15)4-3-5-13(10)17-14(19)7-18(2)6-11-8-20-9-16-11/h3-5,8-9H,6-7,15H2,1-2H3,(H,17,19). The molecule has 1 aromatic heterocycles. The normalized spacial score (nSPS) is 10.8. The number of nitrogen functional groups attached to an aromatic ring is 1. The highest BCUT2D eigenvalue weighted by molar-refractivity contribution is 7.07. The van der Waals surface area contributed by atoms with E-state index in [1.54, 1.807) is 16.8 Å². The van der Waals surface area contributed by atoms with Crippen LogP contribution in [0.2, 0.25) is 0 Å². The van der Waals surface area contributed by atoms with Crippen molar-refractivity contribution in [1.82, 2.24) is 9.88 Å². The second-order valence-electron chi connectivity index (χ2n) is 4.72. The van der Waals surface area contributed by atoms with E-state index < -0.39 is 0 Å². The molecule has 2 rings (SSSR count). The molecular formula is C14H18N4OS. The van der Waals surface area contributed by atoms with E-state index in [-0.39, 0.29) is 5.91 Å². The quantitative estimate of drug-likeness (QED) is 0.827. The van der Waals surface area contributed by atoms with Crippen molar-refractivity contribution in [3.8, 4) is 0 Å². The van der Waals surface area contributed by atoms with Crippen LogP contribution in [0.3, 0.4) is 0 Å². The first kappa shape index (κ1) is 14.5. The lowest BCUT2D eigenvalue weighted by Crippen LogP contribution is -2.30. The van der Waals surface area contributed by atoms with E-state index in [1.807, 2.05) is 42.5 Å². The highest BCUT2D eigenvalue weighted by Gasteiger charge is 2.10. The first-order chi connectivity index (χ1) is 9.56. The van der Waals surface area contributed by atoms with Gasteiger partial charge in [0.2, 0.25) is 5.91 Å². The van der Waals surface area contributed by atoms with Gasteiger partial charge in [-0.05, 0) is 31.7 Å². The van der Waals surface area contributed by atoms with Crippen LogP contribution in [0.1, 0.15) is 11.3 Å². The molecule has 1 heterocycles. The summed E-state index contributed by atoms with van der Waals surface area (Å²) in [6, 6.07) is 5.50. The monoisotopic (exact) mass is 290 g/mol. The Bertz CT molecular complexity index is 583. The minimum Gasteiger partial charge on any atom is -0.398 e. The Morgan fingerprint density at radius 1 is 1.50 bits per heavy atom. The van der Waals surface area contributed by atoms with Crippen LogP contribution in [0, 0.1) is 6.92 Å². The number of nitrogens with zero attached hydrogens (tertiary/aromatic N) is 2. The van der Waals surface area contributed by atoms with E-state index in [2.05, 4.69) is 10.3 Å². The number of amides is 1. The summed E-state index contributed by atoms with van der Waals surface area (Å²) < 4.78 is 0. The van der Waals surface area contributed by atoms with E-state index in [0.717, 1.165) is 16.9 Å². The van der Waals surface area contributed by atoms with Crippen molar-refractivity contribution in [3.05, 3.63) is 40.3 Å². The molecular weight excluding hydrogens is 272 g/mol. The fourth-order valence-corrected chi connectivity index (χ4v) is 2.42. The largest absolute Gasteiger partial charge is 0.398 e. The number of rotatable bonds is 5. The van der Waals surface area contributed by atoms with Crippen LogP contribution in [0.25, 0.3) is 0 Å². The number of thiazole rings is 1. The molecule has 0 saturated carbocycles. The van der Waals surface area contributed by atoms with Gasteiger partial charge in [-0.3, -0.25) is 9.69 Å². The minimum atomic E-state index is -0.0589. The average molecular weight is 290 g/mol. The van der Waals surface area contributed by atoms with E-state index in [1.165, 1.54) is 0 Å². The van der Waals surface area contributed by atoms with Crippen LogP contribution >= 0.6 is 11.3 Å². The first-order valence-corrected chi connectivity index (χ1v) is 7.21. The Morgan fingerprint density at radius 2 is 2.30 bits per heavy atom. The molecule has 3 N–H and O–H groups in total. The zero-order valence-electron chi connectivity index (χ0n) is 11.6. The van der Waals surface area contributed by atoms with E-state index in [4.69, 9.17) is 5.73 Å². The van der Waals surface area contributed by atoms with Gasteiger partial charge >= 0.3 is 0 Å². The van der Waals surface area contributed by atoms with Crippen molar-refractivity contribution >= 4 is 28.6 Å². The molecule has 0 unspecified atom stereocenters. The van der Waals surface area contributed by atoms with Gasteiger partial charge in [0.05, 0.1) is 17.7 Å². The Hall–Kier alpha value is -1.92. The van der Waals surface area contributed by atoms with Crippen molar-refractivity contribution in [1.29, 1.82) is 0 Å². The maximum absolute atomic E-state index is 12.0. The van der Waals surface area contributed by atoms with Gasteiger partial charge in [0, 0.05) is 23.3 Å². The fraction of sp³-hybridized carbons (Fsp3) is 0.286. The minimum absolute atomic E-state index is 0.0589. The number of anilines is 2. The van der Waals surface area contributed by atoms with Gasteiger partial charge in [0.25, 0.3) is 0 Å². The highest BCUT2D eigenvalue weighted by atomic mass is 32.1. The number of hydrogen-bond donors (Lipinski definition) is 2. The first-order valence-electron chi connectivity index (χ1n) is 6.27. The Kier molecular flexibility index (Phi) is 4.70. The zero-order chi connectivity index (χ0) is 14.5. The Morgan fingerprint density at radius 3 is 3.00 bits per heavy atom. The van der Waals surface area contributed by atoms with Crippen molar-refractivity contribution in [2.75, 3.05) is 24.6 Å². The molecule has 0 bridgehead atoms. The highest BCUT2D eigenvalue weighted by Crippen LogP contribution is 2.20. The van der Waals surface area contributed by atoms with Gasteiger partial charge < -0.3 is 11.1 Å². The van der Waals surface area contributed by atoms with Gasteiger partial charge in [0.1, 0.15) is 0 Å². The van der Waals surface area contributed by atoms with Gasteiger partial charge in [-0.1, -0.05) is 6.07 Å². The molecule has 0 radical (unpaired) electrons. The Labute approximate surface area is 122 Å². The van der Waals surface area contributed by atoms with Gasteiger partial charge in [0.15, 0.2) is 0 Å². The number of carbonyl (C=O) groups is 1. The summed E-state index contributed by atoms with van der Waals surface area (Å²) in [7, 11) is 1.89. The average Bonchev–Trinajstić information content (AvgIpc) is 2.87. The lowest BCUT2D eigenvalue weighted by Gasteiger charge is -2.16. The van der Waals surface area contributed by atoms with Crippen LogP contribution in [0.5, 0.6) is 0 Å². The molecule has 20 heavy (non-hydrogen) atoms. The summed E-state index contributed by atoms with van der Waals surface area (Å²) in [6.45, 7) is 2.86. The summed E-state index contributed by atoms with van der Waals surface area (Å²) in [5.74, 6) is -0.0589. The molecule has 1 amide bonds. The Balaban J connectivity index is 1.90. The molecule has 0 spiro atoms. The molecule has 0 aliphatic heterocycles. The van der Waals surface area contributed by atoms with E-state index in [9.17, 15) is 4.79 Å².